The maximum absolute atomic E-state index is 7.48. The van der Waals surface area contributed by atoms with Gasteiger partial charge in [-0.15, -0.1) is 0 Å². The van der Waals surface area contributed by atoms with E-state index < -0.39 is 0 Å². The maximum Gasteiger partial charge on any atom is 0.190 e. The fraction of sp³-hybridized carbons (Fsp3) is 0.286. The highest BCUT2D eigenvalue weighted by molar-refractivity contribution is 4.77. The molecule has 0 bridgehead atoms. The zero-order chi connectivity index (χ0) is 9.23. The monoisotopic (exact) mass is 163 g/mol. The van der Waals surface area contributed by atoms with E-state index in [4.69, 9.17) is 10.5 Å². The number of nitrogens with one attached hydrogen (secondary N) is 1. The van der Waals surface area contributed by atoms with Gasteiger partial charge in [-0.1, -0.05) is 0 Å². The van der Waals surface area contributed by atoms with Crippen LogP contribution >= 0.6 is 0 Å². The first-order chi connectivity index (χ1) is 5.85. The molecule has 0 aliphatic carbocycles. The summed E-state index contributed by atoms with van der Waals surface area (Å²) in [5.41, 5.74) is 0. The number of hydrogen-bond donors (Lipinski definition) is 1. The van der Waals surface area contributed by atoms with E-state index in [9.17, 15) is 0 Å². The Morgan fingerprint density at radius 1 is 1.50 bits per heavy atom. The van der Waals surface area contributed by atoms with Gasteiger partial charge in [0.15, 0.2) is 12.4 Å². The van der Waals surface area contributed by atoms with Crippen LogP contribution in [0.15, 0.2) is 18.7 Å². The molecular weight excluding hydrogens is 154 g/mol. The SMILES string of the molecule is CCn1ccnc1.N#CNC#N. The molecule has 0 aliphatic heterocycles. The first kappa shape index (κ1) is 9.99. The number of hydrogen-bond acceptors (Lipinski definition) is 4. The second-order valence-electron chi connectivity index (χ2n) is 1.74. The van der Waals surface area contributed by atoms with Crippen molar-refractivity contribution in [3.63, 3.8) is 0 Å². The molecule has 12 heavy (non-hydrogen) atoms. The Balaban J connectivity index is 0.000000217. The molecule has 0 saturated carbocycles. The van der Waals surface area contributed by atoms with Crippen LogP contribution in [0.3, 0.4) is 0 Å². The molecular formula is C7H9N5. The van der Waals surface area contributed by atoms with Crippen molar-refractivity contribution in [2.45, 2.75) is 13.5 Å². The Bertz CT molecular complexity index is 251. The molecule has 0 radical (unpaired) electrons. The standard InChI is InChI=1S/C5H8N2.C2HN3/c1-2-7-4-3-6-5-7;3-1-5-2-4/h3-5H,2H2,1H3;5H. The molecule has 0 aliphatic rings. The summed E-state index contributed by atoms with van der Waals surface area (Å²) in [7, 11) is 0. The highest BCUT2D eigenvalue weighted by Gasteiger charge is 1.77. The fourth-order valence-electron chi connectivity index (χ4n) is 0.499. The van der Waals surface area contributed by atoms with Crippen LogP contribution in [-0.4, -0.2) is 9.55 Å². The molecule has 1 rings (SSSR count). The van der Waals surface area contributed by atoms with Crippen molar-refractivity contribution in [1.29, 1.82) is 10.5 Å². The molecule has 5 heteroatoms. The summed E-state index contributed by atoms with van der Waals surface area (Å²) in [6, 6.07) is 0. The quantitative estimate of drug-likeness (QED) is 0.481. The third-order valence-electron chi connectivity index (χ3n) is 1.04. The number of nitrogens with zero attached hydrogens (tertiary/aromatic N) is 4. The summed E-state index contributed by atoms with van der Waals surface area (Å²) in [6.45, 7) is 3.10. The number of imidazole rings is 1. The maximum atomic E-state index is 7.48. The van der Waals surface area contributed by atoms with E-state index in [0.717, 1.165) is 6.54 Å². The van der Waals surface area contributed by atoms with E-state index >= 15 is 0 Å². The Morgan fingerprint density at radius 2 is 2.17 bits per heavy atom. The average molecular weight is 163 g/mol. The topological polar surface area (TPSA) is 77.4 Å². The zero-order valence-electron chi connectivity index (χ0n) is 6.73. The van der Waals surface area contributed by atoms with Crippen molar-refractivity contribution in [3.05, 3.63) is 18.7 Å². The lowest BCUT2D eigenvalue weighted by molar-refractivity contribution is 0.761. The smallest absolute Gasteiger partial charge is 0.190 e. The second-order valence-corrected chi connectivity index (χ2v) is 1.74. The molecule has 1 aromatic rings. The molecule has 0 atom stereocenters. The summed E-state index contributed by atoms with van der Waals surface area (Å²) in [5, 5.41) is 16.7. The van der Waals surface area contributed by atoms with Crippen molar-refractivity contribution in [1.82, 2.24) is 14.9 Å². The summed E-state index contributed by atoms with van der Waals surface area (Å²) in [4.78, 5) is 3.86. The van der Waals surface area contributed by atoms with Gasteiger partial charge in [0.1, 0.15) is 0 Å². The summed E-state index contributed by atoms with van der Waals surface area (Å²) < 4.78 is 2.01. The number of aromatic nitrogens is 2. The number of aryl methyl sites for hydroxylation is 1. The number of rotatable bonds is 1. The first-order valence-corrected chi connectivity index (χ1v) is 3.34. The lowest BCUT2D eigenvalue weighted by Gasteiger charge is -1.87. The third kappa shape index (κ3) is 4.83. The van der Waals surface area contributed by atoms with Crippen molar-refractivity contribution >= 4 is 0 Å². The first-order valence-electron chi connectivity index (χ1n) is 3.34. The van der Waals surface area contributed by atoms with Gasteiger partial charge in [0.05, 0.1) is 6.33 Å². The van der Waals surface area contributed by atoms with Crippen molar-refractivity contribution in [2.24, 2.45) is 0 Å². The predicted octanol–water partition coefficient (Wildman–Crippen LogP) is 0.441. The minimum Gasteiger partial charge on any atom is -0.338 e. The highest BCUT2D eigenvalue weighted by Crippen LogP contribution is 1.81. The van der Waals surface area contributed by atoms with Gasteiger partial charge in [-0.05, 0) is 6.92 Å². The molecule has 0 spiro atoms. The lowest BCUT2D eigenvalue weighted by atomic mass is 10.7. The summed E-state index contributed by atoms with van der Waals surface area (Å²) in [5.74, 6) is 0. The van der Waals surface area contributed by atoms with Gasteiger partial charge in [0.25, 0.3) is 0 Å². The Labute approximate surface area is 70.9 Å². The minimum absolute atomic E-state index is 1.01. The van der Waals surface area contributed by atoms with E-state index in [1.54, 1.807) is 17.8 Å². The van der Waals surface area contributed by atoms with Crippen molar-refractivity contribution in [2.75, 3.05) is 0 Å². The van der Waals surface area contributed by atoms with Crippen LogP contribution in [0.1, 0.15) is 6.92 Å². The largest absolute Gasteiger partial charge is 0.338 e. The van der Waals surface area contributed by atoms with E-state index in [1.807, 2.05) is 10.8 Å². The summed E-state index contributed by atoms with van der Waals surface area (Å²) >= 11 is 0. The van der Waals surface area contributed by atoms with E-state index in [0.29, 0.717) is 0 Å². The van der Waals surface area contributed by atoms with Gasteiger partial charge in [-0.25, -0.2) is 10.3 Å². The van der Waals surface area contributed by atoms with E-state index in [2.05, 4.69) is 11.9 Å². The average Bonchev–Trinajstić information content (AvgIpc) is 2.58. The Hall–Kier alpha value is -2.01. The normalized spacial score (nSPS) is 6.92. The molecule has 0 unspecified atom stereocenters. The van der Waals surface area contributed by atoms with Crippen LogP contribution in [0.25, 0.3) is 0 Å². The third-order valence-corrected chi connectivity index (χ3v) is 1.04. The molecule has 1 aromatic heterocycles. The Kier molecular flexibility index (Phi) is 5.91. The zero-order valence-corrected chi connectivity index (χ0v) is 6.73. The predicted molar refractivity (Wildman–Crippen MR) is 42.3 cm³/mol. The van der Waals surface area contributed by atoms with Crippen LogP contribution in [0, 0.1) is 22.9 Å². The number of nitriles is 2. The Morgan fingerprint density at radius 3 is 2.33 bits per heavy atom. The van der Waals surface area contributed by atoms with Gasteiger partial charge < -0.3 is 4.57 Å². The van der Waals surface area contributed by atoms with Crippen LogP contribution in [0.2, 0.25) is 0 Å². The molecule has 5 nitrogen and oxygen atoms in total. The van der Waals surface area contributed by atoms with Crippen LogP contribution in [-0.2, 0) is 6.54 Å². The second kappa shape index (κ2) is 7.10. The van der Waals surface area contributed by atoms with Crippen LogP contribution in [0.5, 0.6) is 0 Å². The molecule has 0 fully saturated rings. The van der Waals surface area contributed by atoms with Gasteiger partial charge in [-0.2, -0.15) is 10.5 Å². The lowest BCUT2D eigenvalue weighted by Crippen LogP contribution is -1.88. The summed E-state index contributed by atoms with van der Waals surface area (Å²) in [6.07, 6.45) is 8.34. The molecule has 0 saturated heterocycles. The highest BCUT2D eigenvalue weighted by atomic mass is 15.0. The minimum atomic E-state index is 1.01. The fourth-order valence-corrected chi connectivity index (χ4v) is 0.499. The molecule has 1 heterocycles. The van der Waals surface area contributed by atoms with E-state index in [-0.39, 0.29) is 0 Å². The molecule has 1 N–H and O–H groups in total. The van der Waals surface area contributed by atoms with E-state index in [1.165, 1.54) is 12.4 Å². The van der Waals surface area contributed by atoms with Gasteiger partial charge in [-0.3, -0.25) is 0 Å². The molecule has 0 aromatic carbocycles. The van der Waals surface area contributed by atoms with Gasteiger partial charge in [0.2, 0.25) is 0 Å². The van der Waals surface area contributed by atoms with Crippen LogP contribution in [0.4, 0.5) is 0 Å². The van der Waals surface area contributed by atoms with Crippen molar-refractivity contribution in [3.8, 4) is 12.4 Å². The molecule has 0 amide bonds. The van der Waals surface area contributed by atoms with Crippen LogP contribution < -0.4 is 5.32 Å². The van der Waals surface area contributed by atoms with Gasteiger partial charge in [0, 0.05) is 18.9 Å². The molecule has 62 valence electrons. The van der Waals surface area contributed by atoms with Crippen molar-refractivity contribution < 1.29 is 0 Å². The van der Waals surface area contributed by atoms with Gasteiger partial charge >= 0.3 is 0 Å².